The van der Waals surface area contributed by atoms with Gasteiger partial charge in [-0.25, -0.2) is 4.98 Å². The van der Waals surface area contributed by atoms with Crippen LogP contribution in [0.15, 0.2) is 42.6 Å². The Morgan fingerprint density at radius 2 is 2.00 bits per heavy atom. The number of pyridine rings is 1. The van der Waals surface area contributed by atoms with Gasteiger partial charge in [-0.3, -0.25) is 9.59 Å². The predicted molar refractivity (Wildman–Crippen MR) is 97.6 cm³/mol. The maximum atomic E-state index is 12.8. The lowest BCUT2D eigenvalue weighted by molar-refractivity contribution is -0.136. The average Bonchev–Trinajstić information content (AvgIpc) is 2.67. The smallest absolute Gasteiger partial charge is 0.303 e. The molecule has 0 atom stereocenters. The van der Waals surface area contributed by atoms with Crippen molar-refractivity contribution in [2.24, 2.45) is 0 Å². The molecule has 1 fully saturated rings. The number of aryl methyl sites for hydroxylation is 1. The molecule has 2 heterocycles. The van der Waals surface area contributed by atoms with E-state index >= 15 is 0 Å². The number of amides is 1. The van der Waals surface area contributed by atoms with E-state index in [0.717, 1.165) is 5.56 Å². The molecule has 0 spiro atoms. The van der Waals surface area contributed by atoms with E-state index in [1.165, 1.54) is 0 Å². The van der Waals surface area contributed by atoms with Crippen molar-refractivity contribution in [1.82, 2.24) is 4.98 Å². The molecule has 7 nitrogen and oxygen atoms in total. The summed E-state index contributed by atoms with van der Waals surface area (Å²) in [4.78, 5) is 29.9. The first-order chi connectivity index (χ1) is 12.6. The van der Waals surface area contributed by atoms with E-state index in [4.69, 9.17) is 9.84 Å². The van der Waals surface area contributed by atoms with Crippen LogP contribution in [0.5, 0.6) is 0 Å². The summed E-state index contributed by atoms with van der Waals surface area (Å²) in [6.45, 7) is 2.62. The number of carboxylic acid groups (broad SMARTS) is 1. The minimum atomic E-state index is -0.843. The largest absolute Gasteiger partial charge is 0.481 e. The van der Waals surface area contributed by atoms with E-state index in [-0.39, 0.29) is 12.3 Å². The van der Waals surface area contributed by atoms with Crippen LogP contribution < -0.4 is 10.2 Å². The third kappa shape index (κ3) is 4.58. The van der Waals surface area contributed by atoms with Crippen molar-refractivity contribution in [3.05, 3.63) is 53.7 Å². The van der Waals surface area contributed by atoms with E-state index in [9.17, 15) is 9.59 Å². The summed E-state index contributed by atoms with van der Waals surface area (Å²) in [5.74, 6) is -0.435. The summed E-state index contributed by atoms with van der Waals surface area (Å²) in [6, 6.07) is 10.7. The summed E-state index contributed by atoms with van der Waals surface area (Å²) >= 11 is 0. The number of aromatic nitrogens is 1. The molecule has 0 aliphatic carbocycles. The Morgan fingerprint density at radius 1 is 1.19 bits per heavy atom. The van der Waals surface area contributed by atoms with Crippen LogP contribution in [-0.4, -0.2) is 48.3 Å². The van der Waals surface area contributed by atoms with Crippen molar-refractivity contribution in [1.29, 1.82) is 0 Å². The van der Waals surface area contributed by atoms with Gasteiger partial charge in [0, 0.05) is 31.4 Å². The number of morpholine rings is 1. The van der Waals surface area contributed by atoms with Crippen LogP contribution in [0.3, 0.4) is 0 Å². The second kappa shape index (κ2) is 8.44. The Labute approximate surface area is 151 Å². The fourth-order valence-corrected chi connectivity index (χ4v) is 2.86. The number of benzene rings is 1. The van der Waals surface area contributed by atoms with Crippen LogP contribution in [-0.2, 0) is 16.0 Å². The maximum Gasteiger partial charge on any atom is 0.303 e. The van der Waals surface area contributed by atoms with E-state index in [1.807, 2.05) is 11.0 Å². The molecule has 1 amide bonds. The molecule has 2 N–H and O–H groups in total. The highest BCUT2D eigenvalue weighted by Crippen LogP contribution is 2.20. The molecule has 136 valence electrons. The Balaban J connectivity index is 1.74. The normalized spacial score (nSPS) is 14.1. The molecule has 26 heavy (non-hydrogen) atoms. The summed E-state index contributed by atoms with van der Waals surface area (Å²) < 4.78 is 5.36. The molecule has 2 aromatic rings. The molecule has 0 radical (unpaired) electrons. The number of rotatable bonds is 6. The van der Waals surface area contributed by atoms with Crippen LogP contribution >= 0.6 is 0 Å². The Bertz CT molecular complexity index is 788. The maximum absolute atomic E-state index is 12.8. The first-order valence-corrected chi connectivity index (χ1v) is 8.53. The van der Waals surface area contributed by atoms with Crippen LogP contribution in [0.2, 0.25) is 0 Å². The van der Waals surface area contributed by atoms with Crippen molar-refractivity contribution in [2.75, 3.05) is 36.5 Å². The lowest BCUT2D eigenvalue weighted by Crippen LogP contribution is -2.38. The van der Waals surface area contributed by atoms with Gasteiger partial charge in [0.15, 0.2) is 0 Å². The van der Waals surface area contributed by atoms with E-state index in [0.29, 0.717) is 49.8 Å². The average molecular weight is 355 g/mol. The highest BCUT2D eigenvalue weighted by atomic mass is 16.5. The molecule has 3 rings (SSSR count). The number of anilines is 2. The summed E-state index contributed by atoms with van der Waals surface area (Å²) in [5, 5.41) is 11.7. The highest BCUT2D eigenvalue weighted by Gasteiger charge is 2.20. The number of carboxylic acids is 1. The number of carbonyl (C=O) groups excluding carboxylic acids is 1. The van der Waals surface area contributed by atoms with Gasteiger partial charge >= 0.3 is 5.97 Å². The lowest BCUT2D eigenvalue weighted by atomic mass is 10.1. The molecule has 0 bridgehead atoms. The van der Waals surface area contributed by atoms with Crippen LogP contribution in [0.4, 0.5) is 11.5 Å². The standard InChI is InChI=1S/C19H21N3O4/c23-17(24)7-6-14-3-1-4-15(13-14)21-19(25)16-5-2-8-20-18(16)22-9-11-26-12-10-22/h1-5,8,13H,6-7,9-12H2,(H,21,25)(H,23,24). The van der Waals surface area contributed by atoms with E-state index < -0.39 is 5.97 Å². The van der Waals surface area contributed by atoms with Crippen LogP contribution in [0.1, 0.15) is 22.3 Å². The Morgan fingerprint density at radius 3 is 2.77 bits per heavy atom. The van der Waals surface area contributed by atoms with Crippen molar-refractivity contribution >= 4 is 23.4 Å². The highest BCUT2D eigenvalue weighted by molar-refractivity contribution is 6.07. The van der Waals surface area contributed by atoms with Crippen molar-refractivity contribution in [3.63, 3.8) is 0 Å². The fraction of sp³-hybridized carbons (Fsp3) is 0.316. The summed E-state index contributed by atoms with van der Waals surface area (Å²) in [5.41, 5.74) is 2.00. The summed E-state index contributed by atoms with van der Waals surface area (Å²) in [7, 11) is 0. The van der Waals surface area contributed by atoms with Gasteiger partial charge in [0.05, 0.1) is 18.8 Å². The molecule has 0 unspecified atom stereocenters. The van der Waals surface area contributed by atoms with Crippen molar-refractivity contribution in [3.8, 4) is 0 Å². The van der Waals surface area contributed by atoms with Crippen LogP contribution in [0.25, 0.3) is 0 Å². The van der Waals surface area contributed by atoms with Gasteiger partial charge in [-0.05, 0) is 36.2 Å². The molecule has 0 saturated carbocycles. The monoisotopic (exact) mass is 355 g/mol. The number of hydrogen-bond acceptors (Lipinski definition) is 5. The second-order valence-electron chi connectivity index (χ2n) is 6.02. The third-order valence-corrected chi connectivity index (χ3v) is 4.15. The number of carbonyl (C=O) groups is 2. The number of ether oxygens (including phenoxy) is 1. The lowest BCUT2D eigenvalue weighted by Gasteiger charge is -2.29. The number of nitrogens with zero attached hydrogens (tertiary/aromatic N) is 2. The van der Waals surface area contributed by atoms with Gasteiger partial charge in [0.1, 0.15) is 5.82 Å². The van der Waals surface area contributed by atoms with Gasteiger partial charge in [0.2, 0.25) is 0 Å². The minimum Gasteiger partial charge on any atom is -0.481 e. The Kier molecular flexibility index (Phi) is 5.80. The number of aliphatic carboxylic acids is 1. The number of hydrogen-bond donors (Lipinski definition) is 2. The van der Waals surface area contributed by atoms with Crippen molar-refractivity contribution in [2.45, 2.75) is 12.8 Å². The molecule has 1 aromatic heterocycles. The molecule has 1 saturated heterocycles. The zero-order valence-electron chi connectivity index (χ0n) is 14.4. The van der Waals surface area contributed by atoms with Gasteiger partial charge in [-0.15, -0.1) is 0 Å². The van der Waals surface area contributed by atoms with E-state index in [2.05, 4.69) is 10.3 Å². The fourth-order valence-electron chi connectivity index (χ4n) is 2.86. The topological polar surface area (TPSA) is 91.8 Å². The minimum absolute atomic E-state index is 0.0567. The van der Waals surface area contributed by atoms with Crippen LogP contribution in [0, 0.1) is 0 Å². The van der Waals surface area contributed by atoms with Gasteiger partial charge in [0.25, 0.3) is 5.91 Å². The summed E-state index contributed by atoms with van der Waals surface area (Å²) in [6.07, 6.45) is 2.15. The molecular formula is C19H21N3O4. The van der Waals surface area contributed by atoms with E-state index in [1.54, 1.807) is 36.5 Å². The zero-order chi connectivity index (χ0) is 18.4. The predicted octanol–water partition coefficient (Wildman–Crippen LogP) is 2.19. The first kappa shape index (κ1) is 17.9. The van der Waals surface area contributed by atoms with Gasteiger partial charge in [-0.2, -0.15) is 0 Å². The molecular weight excluding hydrogens is 334 g/mol. The molecule has 7 heteroatoms. The SMILES string of the molecule is O=C(O)CCc1cccc(NC(=O)c2cccnc2N2CCOCC2)c1. The first-order valence-electron chi connectivity index (χ1n) is 8.53. The van der Waals surface area contributed by atoms with Gasteiger partial charge in [-0.1, -0.05) is 12.1 Å². The second-order valence-corrected chi connectivity index (χ2v) is 6.02. The Hall–Kier alpha value is -2.93. The van der Waals surface area contributed by atoms with Gasteiger partial charge < -0.3 is 20.1 Å². The van der Waals surface area contributed by atoms with Crippen molar-refractivity contribution < 1.29 is 19.4 Å². The number of nitrogens with one attached hydrogen (secondary N) is 1. The molecule has 1 aliphatic heterocycles. The zero-order valence-corrected chi connectivity index (χ0v) is 14.4. The molecule has 1 aromatic carbocycles. The quantitative estimate of drug-likeness (QED) is 0.825. The third-order valence-electron chi connectivity index (χ3n) is 4.15. The molecule has 1 aliphatic rings.